The van der Waals surface area contributed by atoms with E-state index < -0.39 is 0 Å². The summed E-state index contributed by atoms with van der Waals surface area (Å²) in [5, 5.41) is 4.32. The van der Waals surface area contributed by atoms with Gasteiger partial charge in [-0.1, -0.05) is 0 Å². The zero-order chi connectivity index (χ0) is 16.7. The average Bonchev–Trinajstić information content (AvgIpc) is 2.99. The summed E-state index contributed by atoms with van der Waals surface area (Å²) in [5.74, 6) is 1.73. The normalized spacial score (nSPS) is 15.2. The molecule has 1 aliphatic heterocycles. The lowest BCUT2D eigenvalue weighted by Gasteiger charge is -2.36. The highest BCUT2D eigenvalue weighted by atomic mass is 16.1. The van der Waals surface area contributed by atoms with Crippen LogP contribution >= 0.6 is 0 Å². The highest BCUT2D eigenvalue weighted by molar-refractivity contribution is 5.83. The van der Waals surface area contributed by atoms with Gasteiger partial charge >= 0.3 is 0 Å². The van der Waals surface area contributed by atoms with Gasteiger partial charge in [0.1, 0.15) is 17.7 Å². The van der Waals surface area contributed by atoms with E-state index in [9.17, 15) is 4.79 Å². The second-order valence-electron chi connectivity index (χ2n) is 5.85. The zero-order valence-corrected chi connectivity index (χ0v) is 13.6. The lowest BCUT2D eigenvalue weighted by Crippen LogP contribution is -2.47. The maximum Gasteiger partial charge on any atom is 0.266 e. The molecule has 1 saturated heterocycles. The van der Waals surface area contributed by atoms with Gasteiger partial charge in [0, 0.05) is 46.3 Å². The van der Waals surface area contributed by atoms with E-state index in [0.717, 1.165) is 43.3 Å². The first-order chi connectivity index (χ1) is 11.6. The summed E-state index contributed by atoms with van der Waals surface area (Å²) >= 11 is 0. The second kappa shape index (κ2) is 5.59. The molecule has 0 unspecified atom stereocenters. The lowest BCUT2D eigenvalue weighted by molar-refractivity contribution is 0.620. The molecule has 1 aliphatic rings. The van der Waals surface area contributed by atoms with Crippen molar-refractivity contribution in [3.05, 3.63) is 35.1 Å². The van der Waals surface area contributed by atoms with Crippen molar-refractivity contribution in [1.82, 2.24) is 29.3 Å². The largest absolute Gasteiger partial charge is 0.352 e. The smallest absolute Gasteiger partial charge is 0.266 e. The molecule has 0 aromatic carbocycles. The molecule has 124 valence electrons. The van der Waals surface area contributed by atoms with Crippen LogP contribution in [0.2, 0.25) is 0 Å². The highest BCUT2D eigenvalue weighted by Crippen LogP contribution is 2.23. The Kier molecular flexibility index (Phi) is 3.40. The van der Waals surface area contributed by atoms with Crippen molar-refractivity contribution in [3.63, 3.8) is 0 Å². The van der Waals surface area contributed by atoms with Gasteiger partial charge in [0.2, 0.25) is 0 Å². The molecule has 3 aromatic rings. The van der Waals surface area contributed by atoms with Crippen molar-refractivity contribution in [2.45, 2.75) is 0 Å². The maximum absolute atomic E-state index is 11.5. The number of nitrogens with zero attached hydrogens (tertiary/aromatic N) is 8. The minimum Gasteiger partial charge on any atom is -0.352 e. The SMILES string of the molecule is Cn1nc(N2CCN(c3ncnc4ncn(C)c34)CC2)ccc1=O. The van der Waals surface area contributed by atoms with E-state index in [1.165, 1.54) is 4.68 Å². The van der Waals surface area contributed by atoms with Gasteiger partial charge in [-0.05, 0) is 6.07 Å². The number of rotatable bonds is 2. The average molecular weight is 326 g/mol. The zero-order valence-electron chi connectivity index (χ0n) is 13.6. The van der Waals surface area contributed by atoms with E-state index in [-0.39, 0.29) is 5.56 Å². The Morgan fingerprint density at radius 2 is 1.71 bits per heavy atom. The van der Waals surface area contributed by atoms with Crippen LogP contribution < -0.4 is 15.4 Å². The Bertz CT molecular complexity index is 938. The van der Waals surface area contributed by atoms with Crippen LogP contribution in [0.5, 0.6) is 0 Å². The molecule has 0 aliphatic carbocycles. The fraction of sp³-hybridized carbons (Fsp3) is 0.400. The Morgan fingerprint density at radius 3 is 2.46 bits per heavy atom. The van der Waals surface area contributed by atoms with E-state index in [4.69, 9.17) is 0 Å². The minimum absolute atomic E-state index is 0.100. The first kappa shape index (κ1) is 14.6. The Labute approximate surface area is 138 Å². The lowest BCUT2D eigenvalue weighted by atomic mass is 10.3. The van der Waals surface area contributed by atoms with Crippen molar-refractivity contribution < 1.29 is 0 Å². The number of hydrogen-bond donors (Lipinski definition) is 0. The molecule has 9 heteroatoms. The fourth-order valence-electron chi connectivity index (χ4n) is 3.01. The van der Waals surface area contributed by atoms with E-state index in [1.807, 2.05) is 11.6 Å². The molecule has 0 saturated carbocycles. The minimum atomic E-state index is -0.100. The molecule has 0 amide bonds. The second-order valence-corrected chi connectivity index (χ2v) is 5.85. The molecule has 3 aromatic heterocycles. The van der Waals surface area contributed by atoms with Crippen LogP contribution in [0.25, 0.3) is 11.2 Å². The summed E-state index contributed by atoms with van der Waals surface area (Å²) in [6.45, 7) is 3.27. The van der Waals surface area contributed by atoms with E-state index in [0.29, 0.717) is 5.65 Å². The molecule has 0 bridgehead atoms. The van der Waals surface area contributed by atoms with Crippen LogP contribution in [0, 0.1) is 0 Å². The monoisotopic (exact) mass is 326 g/mol. The van der Waals surface area contributed by atoms with Gasteiger partial charge < -0.3 is 14.4 Å². The third-order valence-corrected chi connectivity index (χ3v) is 4.34. The number of aryl methyl sites for hydroxylation is 2. The van der Waals surface area contributed by atoms with Gasteiger partial charge in [-0.15, -0.1) is 0 Å². The molecule has 4 heterocycles. The van der Waals surface area contributed by atoms with Crippen molar-refractivity contribution >= 4 is 22.8 Å². The number of piperazine rings is 1. The van der Waals surface area contributed by atoms with Crippen LogP contribution in [-0.4, -0.2) is 55.5 Å². The van der Waals surface area contributed by atoms with E-state index in [2.05, 4.69) is 29.9 Å². The van der Waals surface area contributed by atoms with Gasteiger partial charge in [-0.2, -0.15) is 5.10 Å². The Balaban J connectivity index is 1.56. The van der Waals surface area contributed by atoms with Crippen LogP contribution in [-0.2, 0) is 14.1 Å². The first-order valence-corrected chi connectivity index (χ1v) is 7.80. The summed E-state index contributed by atoms with van der Waals surface area (Å²) in [5.41, 5.74) is 1.56. The molecule has 0 radical (unpaired) electrons. The molecular weight excluding hydrogens is 308 g/mol. The summed E-state index contributed by atoms with van der Waals surface area (Å²) in [6, 6.07) is 3.33. The van der Waals surface area contributed by atoms with E-state index >= 15 is 0 Å². The van der Waals surface area contributed by atoms with Crippen molar-refractivity contribution in [1.29, 1.82) is 0 Å². The fourth-order valence-corrected chi connectivity index (χ4v) is 3.01. The molecule has 0 atom stereocenters. The highest BCUT2D eigenvalue weighted by Gasteiger charge is 2.22. The molecule has 24 heavy (non-hydrogen) atoms. The molecule has 0 spiro atoms. The van der Waals surface area contributed by atoms with Gasteiger partial charge in [0.05, 0.1) is 6.33 Å². The first-order valence-electron chi connectivity index (χ1n) is 7.80. The van der Waals surface area contributed by atoms with E-state index in [1.54, 1.807) is 31.8 Å². The third-order valence-electron chi connectivity index (χ3n) is 4.34. The summed E-state index contributed by atoms with van der Waals surface area (Å²) in [6.07, 6.45) is 3.32. The number of anilines is 2. The standard InChI is InChI=1S/C15H18N8O/c1-20-10-18-14-13(20)15(17-9-16-14)23-7-5-22(6-8-23)11-3-4-12(24)21(2)19-11/h3-4,9-10H,5-8H2,1-2H3. The Morgan fingerprint density at radius 1 is 0.958 bits per heavy atom. The molecule has 9 nitrogen and oxygen atoms in total. The van der Waals surface area contributed by atoms with Crippen molar-refractivity contribution in [2.24, 2.45) is 14.1 Å². The predicted octanol–water partition coefficient (Wildman–Crippen LogP) is -0.216. The van der Waals surface area contributed by atoms with Crippen molar-refractivity contribution in [3.8, 4) is 0 Å². The molecule has 1 fully saturated rings. The summed E-state index contributed by atoms with van der Waals surface area (Å²) in [7, 11) is 3.62. The summed E-state index contributed by atoms with van der Waals surface area (Å²) in [4.78, 5) is 28.9. The summed E-state index contributed by atoms with van der Waals surface area (Å²) < 4.78 is 3.32. The number of aromatic nitrogens is 6. The van der Waals surface area contributed by atoms with Gasteiger partial charge in [0.15, 0.2) is 11.5 Å². The number of imidazole rings is 1. The van der Waals surface area contributed by atoms with Crippen LogP contribution in [0.1, 0.15) is 0 Å². The van der Waals surface area contributed by atoms with Gasteiger partial charge in [0.25, 0.3) is 5.56 Å². The maximum atomic E-state index is 11.5. The predicted molar refractivity (Wildman–Crippen MR) is 90.2 cm³/mol. The van der Waals surface area contributed by atoms with Crippen LogP contribution in [0.4, 0.5) is 11.6 Å². The number of hydrogen-bond acceptors (Lipinski definition) is 7. The van der Waals surface area contributed by atoms with Gasteiger partial charge in [-0.25, -0.2) is 19.6 Å². The Hall–Kier alpha value is -2.97. The molecule has 4 rings (SSSR count). The van der Waals surface area contributed by atoms with Crippen LogP contribution in [0.3, 0.4) is 0 Å². The van der Waals surface area contributed by atoms with Gasteiger partial charge in [-0.3, -0.25) is 4.79 Å². The van der Waals surface area contributed by atoms with Crippen LogP contribution in [0.15, 0.2) is 29.6 Å². The quantitative estimate of drug-likeness (QED) is 0.644. The number of fused-ring (bicyclic) bond motifs is 1. The third kappa shape index (κ3) is 2.38. The van der Waals surface area contributed by atoms with Crippen molar-refractivity contribution in [2.75, 3.05) is 36.0 Å². The molecular formula is C15H18N8O. The molecule has 0 N–H and O–H groups in total. The topological polar surface area (TPSA) is 85.0 Å².